The van der Waals surface area contributed by atoms with Crippen LogP contribution in [0.5, 0.6) is 5.75 Å². The van der Waals surface area contributed by atoms with Crippen LogP contribution in [0.3, 0.4) is 0 Å². The minimum absolute atomic E-state index is 0.242. The zero-order valence-electron chi connectivity index (χ0n) is 15.0. The van der Waals surface area contributed by atoms with Gasteiger partial charge in [0, 0.05) is 18.1 Å². The number of amides is 1. The Labute approximate surface area is 163 Å². The normalized spacial score (nSPS) is 14.4. The summed E-state index contributed by atoms with van der Waals surface area (Å²) in [5.41, 5.74) is 1.97. The van der Waals surface area contributed by atoms with Gasteiger partial charge < -0.3 is 14.4 Å². The van der Waals surface area contributed by atoms with Crippen LogP contribution in [0.4, 0.5) is 4.79 Å². The quantitative estimate of drug-likeness (QED) is 0.579. The van der Waals surface area contributed by atoms with Gasteiger partial charge in [0.15, 0.2) is 5.78 Å². The topological polar surface area (TPSA) is 55.8 Å². The van der Waals surface area contributed by atoms with Crippen LogP contribution in [-0.2, 0) is 4.74 Å². The van der Waals surface area contributed by atoms with Crippen LogP contribution >= 0.6 is 11.6 Å². The molecule has 27 heavy (non-hydrogen) atoms. The summed E-state index contributed by atoms with van der Waals surface area (Å²) in [6.45, 7) is 3.79. The van der Waals surface area contributed by atoms with E-state index in [2.05, 4.69) is 0 Å². The van der Waals surface area contributed by atoms with Gasteiger partial charge in [0.1, 0.15) is 5.75 Å². The number of ketones is 1. The second-order valence-corrected chi connectivity index (χ2v) is 6.59. The number of hydrogen-bond acceptors (Lipinski definition) is 4. The molecule has 0 aliphatic carbocycles. The fourth-order valence-electron chi connectivity index (χ4n) is 2.70. The van der Waals surface area contributed by atoms with Crippen molar-refractivity contribution in [3.8, 4) is 5.75 Å². The summed E-state index contributed by atoms with van der Waals surface area (Å²) >= 11 is 6.12. The van der Waals surface area contributed by atoms with E-state index in [1.807, 2.05) is 25.1 Å². The van der Waals surface area contributed by atoms with Crippen LogP contribution in [0.2, 0.25) is 5.02 Å². The molecule has 1 heterocycles. The number of nitrogens with zero attached hydrogens (tertiary/aromatic N) is 1. The molecule has 0 unspecified atom stereocenters. The van der Waals surface area contributed by atoms with Crippen LogP contribution in [0.15, 0.2) is 48.5 Å². The second-order valence-electron chi connectivity index (χ2n) is 6.19. The van der Waals surface area contributed by atoms with E-state index in [0.717, 1.165) is 11.1 Å². The van der Waals surface area contributed by atoms with Crippen LogP contribution in [0.25, 0.3) is 6.08 Å². The number of rotatable bonds is 4. The van der Waals surface area contributed by atoms with E-state index in [1.54, 1.807) is 35.2 Å². The number of halogens is 1. The molecule has 1 saturated heterocycles. The van der Waals surface area contributed by atoms with Crippen molar-refractivity contribution in [2.24, 2.45) is 0 Å². The van der Waals surface area contributed by atoms with E-state index in [9.17, 15) is 9.59 Å². The second kappa shape index (κ2) is 8.84. The maximum atomic E-state index is 12.7. The minimum atomic E-state index is -0.480. The van der Waals surface area contributed by atoms with Crippen LogP contribution < -0.4 is 4.74 Å². The lowest BCUT2D eigenvalue weighted by atomic mass is 10.1. The lowest BCUT2D eigenvalue weighted by Gasteiger charge is -2.26. The first-order valence-electron chi connectivity index (χ1n) is 8.66. The summed E-state index contributed by atoms with van der Waals surface area (Å²) in [4.78, 5) is 26.6. The first kappa shape index (κ1) is 19.1. The highest BCUT2D eigenvalue weighted by atomic mass is 35.5. The summed E-state index contributed by atoms with van der Waals surface area (Å²) in [5.74, 6) is -0.0192. The van der Waals surface area contributed by atoms with Gasteiger partial charge in [0.05, 0.1) is 18.8 Å². The fraction of sp³-hybridized carbons (Fsp3) is 0.238. The van der Waals surface area contributed by atoms with Crippen molar-refractivity contribution in [2.75, 3.05) is 26.3 Å². The molecule has 2 aromatic carbocycles. The number of carbonyl (C=O) groups is 2. The number of allylic oxidation sites excluding steroid dienone is 1. The van der Waals surface area contributed by atoms with Crippen LogP contribution in [0.1, 0.15) is 21.5 Å². The maximum absolute atomic E-state index is 12.7. The molecule has 3 rings (SSSR count). The lowest BCUT2D eigenvalue weighted by molar-refractivity contribution is 0.0415. The monoisotopic (exact) mass is 385 g/mol. The molecule has 140 valence electrons. The zero-order chi connectivity index (χ0) is 19.2. The standard InChI is InChI=1S/C21H20ClNO4/c1-15-6-9-20(27-21(25)23-10-12-26-13-11-23)17(14-15)19(24)8-7-16-4-2-3-5-18(16)22/h2-9,14H,10-13H2,1H3. The molecule has 0 bridgehead atoms. The number of aryl methyl sites for hydroxylation is 1. The number of ether oxygens (including phenoxy) is 2. The number of benzene rings is 2. The molecule has 1 aliphatic heterocycles. The molecule has 0 radical (unpaired) electrons. The highest BCUT2D eigenvalue weighted by molar-refractivity contribution is 6.32. The van der Waals surface area contributed by atoms with Gasteiger partial charge in [0.25, 0.3) is 0 Å². The Balaban J connectivity index is 1.80. The molecule has 1 fully saturated rings. The van der Waals surface area contributed by atoms with Crippen molar-refractivity contribution in [1.29, 1.82) is 0 Å². The lowest BCUT2D eigenvalue weighted by Crippen LogP contribution is -2.42. The van der Waals surface area contributed by atoms with Crippen molar-refractivity contribution >= 4 is 29.6 Å². The van der Waals surface area contributed by atoms with Gasteiger partial charge in [-0.05, 0) is 42.8 Å². The van der Waals surface area contributed by atoms with Crippen molar-refractivity contribution in [3.05, 3.63) is 70.3 Å². The molecule has 6 heteroatoms. The SMILES string of the molecule is Cc1ccc(OC(=O)N2CCOCC2)c(C(=O)C=Cc2ccccc2Cl)c1. The van der Waals surface area contributed by atoms with Crippen LogP contribution in [0, 0.1) is 6.92 Å². The average Bonchev–Trinajstić information content (AvgIpc) is 2.69. The molecule has 0 N–H and O–H groups in total. The van der Waals surface area contributed by atoms with Gasteiger partial charge in [-0.25, -0.2) is 4.79 Å². The Morgan fingerprint density at radius 3 is 2.63 bits per heavy atom. The van der Waals surface area contributed by atoms with E-state index in [-0.39, 0.29) is 11.5 Å². The van der Waals surface area contributed by atoms with Gasteiger partial charge in [-0.1, -0.05) is 41.4 Å². The molecule has 0 aromatic heterocycles. The van der Waals surface area contributed by atoms with E-state index in [1.165, 1.54) is 6.08 Å². The molecule has 2 aromatic rings. The largest absolute Gasteiger partial charge is 0.415 e. The first-order chi connectivity index (χ1) is 13.0. The van der Waals surface area contributed by atoms with Gasteiger partial charge >= 0.3 is 6.09 Å². The van der Waals surface area contributed by atoms with Crippen molar-refractivity contribution in [1.82, 2.24) is 4.90 Å². The highest BCUT2D eigenvalue weighted by Gasteiger charge is 2.21. The summed E-state index contributed by atoms with van der Waals surface area (Å²) in [6, 6.07) is 12.4. The molecule has 0 atom stereocenters. The number of carbonyl (C=O) groups excluding carboxylic acids is 2. The van der Waals surface area contributed by atoms with Crippen molar-refractivity contribution in [2.45, 2.75) is 6.92 Å². The summed E-state index contributed by atoms with van der Waals surface area (Å²) in [7, 11) is 0. The molecular formula is C21H20ClNO4. The van der Waals surface area contributed by atoms with E-state index in [4.69, 9.17) is 21.1 Å². The predicted octanol–water partition coefficient (Wildman–Crippen LogP) is 4.38. The third kappa shape index (κ3) is 4.96. The molecule has 1 aliphatic rings. The molecule has 1 amide bonds. The Hall–Kier alpha value is -2.63. The Bertz CT molecular complexity index is 872. The summed E-state index contributed by atoms with van der Waals surface area (Å²) in [5, 5.41) is 0.560. The van der Waals surface area contributed by atoms with E-state index >= 15 is 0 Å². The fourth-order valence-corrected chi connectivity index (χ4v) is 2.89. The summed E-state index contributed by atoms with van der Waals surface area (Å²) in [6.07, 6.45) is 2.61. The average molecular weight is 386 g/mol. The maximum Gasteiger partial charge on any atom is 0.415 e. The Morgan fingerprint density at radius 2 is 1.89 bits per heavy atom. The van der Waals surface area contributed by atoms with Gasteiger partial charge in [-0.3, -0.25) is 4.79 Å². The molecule has 0 saturated carbocycles. The van der Waals surface area contributed by atoms with Crippen LogP contribution in [-0.4, -0.2) is 43.1 Å². The number of hydrogen-bond donors (Lipinski definition) is 0. The summed E-state index contributed by atoms with van der Waals surface area (Å²) < 4.78 is 10.7. The molecule has 5 nitrogen and oxygen atoms in total. The third-order valence-electron chi connectivity index (χ3n) is 4.19. The highest BCUT2D eigenvalue weighted by Crippen LogP contribution is 2.23. The Kier molecular flexibility index (Phi) is 6.27. The van der Waals surface area contributed by atoms with E-state index in [0.29, 0.717) is 36.9 Å². The minimum Gasteiger partial charge on any atom is -0.409 e. The Morgan fingerprint density at radius 1 is 1.15 bits per heavy atom. The first-order valence-corrected chi connectivity index (χ1v) is 9.04. The van der Waals surface area contributed by atoms with Gasteiger partial charge in [0.2, 0.25) is 0 Å². The predicted molar refractivity (Wildman–Crippen MR) is 104 cm³/mol. The smallest absolute Gasteiger partial charge is 0.409 e. The third-order valence-corrected chi connectivity index (χ3v) is 4.53. The molecular weight excluding hydrogens is 366 g/mol. The van der Waals surface area contributed by atoms with Crippen molar-refractivity contribution < 1.29 is 19.1 Å². The van der Waals surface area contributed by atoms with Gasteiger partial charge in [-0.15, -0.1) is 0 Å². The molecule has 0 spiro atoms. The number of morpholine rings is 1. The van der Waals surface area contributed by atoms with Gasteiger partial charge in [-0.2, -0.15) is 0 Å². The zero-order valence-corrected chi connectivity index (χ0v) is 15.7. The van der Waals surface area contributed by atoms with Crippen molar-refractivity contribution in [3.63, 3.8) is 0 Å². The van der Waals surface area contributed by atoms with E-state index < -0.39 is 6.09 Å².